The van der Waals surface area contributed by atoms with Crippen LogP contribution in [0.1, 0.15) is 25.1 Å². The molecule has 0 saturated heterocycles. The molecule has 1 N–H and O–H groups in total. The van der Waals surface area contributed by atoms with Gasteiger partial charge in [-0.3, -0.25) is 4.79 Å². The fourth-order valence-corrected chi connectivity index (χ4v) is 3.53. The van der Waals surface area contributed by atoms with Crippen LogP contribution in [0.5, 0.6) is 5.75 Å². The molecule has 0 aliphatic heterocycles. The SMILES string of the molecule is COCC(=O)NCCCc1nc2ccccc2n1CCCCOc1ccccc1Cl. The van der Waals surface area contributed by atoms with Gasteiger partial charge < -0.3 is 19.4 Å². The molecule has 3 aromatic rings. The number of nitrogens with zero attached hydrogens (tertiary/aromatic N) is 2. The number of aromatic nitrogens is 2. The van der Waals surface area contributed by atoms with Gasteiger partial charge in [-0.2, -0.15) is 0 Å². The molecule has 1 amide bonds. The normalized spacial score (nSPS) is 11.0. The van der Waals surface area contributed by atoms with Crippen LogP contribution in [0.2, 0.25) is 5.02 Å². The molecule has 0 bridgehead atoms. The summed E-state index contributed by atoms with van der Waals surface area (Å²) >= 11 is 6.13. The molecule has 0 spiro atoms. The second-order valence-electron chi connectivity index (χ2n) is 7.04. The largest absolute Gasteiger partial charge is 0.492 e. The number of carbonyl (C=O) groups excluding carboxylic acids is 1. The molecule has 1 heterocycles. The third-order valence-electron chi connectivity index (χ3n) is 4.78. The minimum absolute atomic E-state index is 0.0920. The molecule has 0 unspecified atom stereocenters. The number of nitrogens with one attached hydrogen (secondary N) is 1. The number of aryl methyl sites for hydroxylation is 2. The number of fused-ring (bicyclic) bond motifs is 1. The number of rotatable bonds is 12. The maximum absolute atomic E-state index is 11.5. The zero-order chi connectivity index (χ0) is 21.2. The summed E-state index contributed by atoms with van der Waals surface area (Å²) in [6, 6.07) is 15.7. The molecule has 3 rings (SSSR count). The van der Waals surface area contributed by atoms with Crippen molar-refractivity contribution in [2.24, 2.45) is 0 Å². The van der Waals surface area contributed by atoms with E-state index in [2.05, 4.69) is 16.0 Å². The highest BCUT2D eigenvalue weighted by Crippen LogP contribution is 2.23. The minimum atomic E-state index is -0.0930. The van der Waals surface area contributed by atoms with E-state index < -0.39 is 0 Å². The van der Waals surface area contributed by atoms with Crippen LogP contribution in [-0.4, -0.2) is 42.3 Å². The third-order valence-corrected chi connectivity index (χ3v) is 5.09. The highest BCUT2D eigenvalue weighted by atomic mass is 35.5. The molecule has 30 heavy (non-hydrogen) atoms. The maximum atomic E-state index is 11.5. The number of ether oxygens (including phenoxy) is 2. The summed E-state index contributed by atoms with van der Waals surface area (Å²) in [4.78, 5) is 16.3. The average molecular weight is 430 g/mol. The van der Waals surface area contributed by atoms with Gasteiger partial charge in [0.15, 0.2) is 0 Å². The Morgan fingerprint density at radius 3 is 2.73 bits per heavy atom. The van der Waals surface area contributed by atoms with Crippen molar-refractivity contribution >= 4 is 28.5 Å². The summed E-state index contributed by atoms with van der Waals surface area (Å²) < 4.78 is 12.9. The Bertz CT molecular complexity index is 958. The molecule has 160 valence electrons. The number of carbonyl (C=O) groups is 1. The Balaban J connectivity index is 1.52. The van der Waals surface area contributed by atoms with Crippen molar-refractivity contribution in [2.45, 2.75) is 32.2 Å². The molecule has 1 aromatic heterocycles. The minimum Gasteiger partial charge on any atom is -0.492 e. The lowest BCUT2D eigenvalue weighted by Crippen LogP contribution is -2.28. The summed E-state index contributed by atoms with van der Waals surface area (Å²) in [5.74, 6) is 1.68. The number of halogens is 1. The predicted molar refractivity (Wildman–Crippen MR) is 119 cm³/mol. The summed E-state index contributed by atoms with van der Waals surface area (Å²) in [6.07, 6.45) is 3.53. The average Bonchev–Trinajstić information content (AvgIpc) is 3.10. The van der Waals surface area contributed by atoms with Gasteiger partial charge in [-0.05, 0) is 43.5 Å². The first-order valence-corrected chi connectivity index (χ1v) is 10.6. The van der Waals surface area contributed by atoms with Crippen molar-refractivity contribution in [3.05, 3.63) is 59.4 Å². The summed E-state index contributed by atoms with van der Waals surface area (Å²) in [7, 11) is 1.52. The Morgan fingerprint density at radius 1 is 1.10 bits per heavy atom. The highest BCUT2D eigenvalue weighted by molar-refractivity contribution is 6.32. The van der Waals surface area contributed by atoms with Crippen LogP contribution >= 0.6 is 11.6 Å². The van der Waals surface area contributed by atoms with Crippen molar-refractivity contribution < 1.29 is 14.3 Å². The summed E-state index contributed by atoms with van der Waals surface area (Å²) in [5.41, 5.74) is 2.14. The molecular formula is C23H28ClN3O3. The van der Waals surface area contributed by atoms with Gasteiger partial charge in [0.25, 0.3) is 0 Å². The fourth-order valence-electron chi connectivity index (χ4n) is 3.34. The maximum Gasteiger partial charge on any atom is 0.245 e. The van der Waals surface area contributed by atoms with Gasteiger partial charge in [0.2, 0.25) is 5.91 Å². The Hall–Kier alpha value is -2.57. The number of methoxy groups -OCH3 is 1. The molecule has 6 nitrogen and oxygen atoms in total. The van der Waals surface area contributed by atoms with Crippen LogP contribution in [0, 0.1) is 0 Å². The molecule has 0 aliphatic rings. The quantitative estimate of drug-likeness (QED) is 0.437. The zero-order valence-electron chi connectivity index (χ0n) is 17.3. The first-order valence-electron chi connectivity index (χ1n) is 10.3. The van der Waals surface area contributed by atoms with E-state index in [1.165, 1.54) is 7.11 Å². The van der Waals surface area contributed by atoms with E-state index in [0.717, 1.165) is 54.8 Å². The number of imidazole rings is 1. The van der Waals surface area contributed by atoms with Crippen LogP contribution in [0.25, 0.3) is 11.0 Å². The van der Waals surface area contributed by atoms with Crippen molar-refractivity contribution in [3.8, 4) is 5.75 Å². The van der Waals surface area contributed by atoms with Gasteiger partial charge in [0, 0.05) is 26.6 Å². The van der Waals surface area contributed by atoms with E-state index in [-0.39, 0.29) is 12.5 Å². The molecule has 0 fully saturated rings. The van der Waals surface area contributed by atoms with Crippen molar-refractivity contribution in [2.75, 3.05) is 26.9 Å². The number of unbranched alkanes of at least 4 members (excludes halogenated alkanes) is 1. The number of hydrogen-bond donors (Lipinski definition) is 1. The van der Waals surface area contributed by atoms with Gasteiger partial charge in [-0.25, -0.2) is 4.98 Å². The lowest BCUT2D eigenvalue weighted by Gasteiger charge is -2.11. The fraction of sp³-hybridized carbons (Fsp3) is 0.391. The van der Waals surface area contributed by atoms with Gasteiger partial charge >= 0.3 is 0 Å². The first-order chi connectivity index (χ1) is 14.7. The van der Waals surface area contributed by atoms with E-state index in [0.29, 0.717) is 18.2 Å². The van der Waals surface area contributed by atoms with Gasteiger partial charge in [-0.1, -0.05) is 35.9 Å². The van der Waals surface area contributed by atoms with E-state index >= 15 is 0 Å². The third kappa shape index (κ3) is 6.21. The van der Waals surface area contributed by atoms with E-state index in [1.807, 2.05) is 42.5 Å². The lowest BCUT2D eigenvalue weighted by atomic mass is 10.2. The summed E-state index contributed by atoms with van der Waals surface area (Å²) in [6.45, 7) is 2.20. The second kappa shape index (κ2) is 11.6. The molecule has 7 heteroatoms. The molecule has 0 saturated carbocycles. The number of benzene rings is 2. The Morgan fingerprint density at radius 2 is 1.90 bits per heavy atom. The molecule has 0 aliphatic carbocycles. The first kappa shape index (κ1) is 22.1. The van der Waals surface area contributed by atoms with Crippen molar-refractivity contribution in [1.29, 1.82) is 0 Å². The van der Waals surface area contributed by atoms with Gasteiger partial charge in [-0.15, -0.1) is 0 Å². The standard InChI is InChI=1S/C23H28ClN3O3/c1-29-17-23(28)25-14-8-13-22-26-19-10-3-4-11-20(19)27(22)15-6-7-16-30-21-12-5-2-9-18(21)24/h2-5,9-12H,6-8,13-17H2,1H3,(H,25,28). The van der Waals surface area contributed by atoms with Crippen LogP contribution in [0.3, 0.4) is 0 Å². The Kier molecular flexibility index (Phi) is 8.53. The number of para-hydroxylation sites is 3. The van der Waals surface area contributed by atoms with E-state index in [4.69, 9.17) is 26.1 Å². The van der Waals surface area contributed by atoms with E-state index in [9.17, 15) is 4.79 Å². The number of hydrogen-bond acceptors (Lipinski definition) is 4. The lowest BCUT2D eigenvalue weighted by molar-refractivity contribution is -0.124. The smallest absolute Gasteiger partial charge is 0.245 e. The van der Waals surface area contributed by atoms with Crippen LogP contribution in [0.4, 0.5) is 0 Å². The predicted octanol–water partition coefficient (Wildman–Crippen LogP) is 4.24. The topological polar surface area (TPSA) is 65.4 Å². The number of amides is 1. The summed E-state index contributed by atoms with van der Waals surface area (Å²) in [5, 5.41) is 3.50. The molecule has 0 radical (unpaired) electrons. The van der Waals surface area contributed by atoms with Gasteiger partial charge in [0.1, 0.15) is 18.2 Å². The van der Waals surface area contributed by atoms with Crippen LogP contribution < -0.4 is 10.1 Å². The van der Waals surface area contributed by atoms with Crippen molar-refractivity contribution in [3.63, 3.8) is 0 Å². The second-order valence-corrected chi connectivity index (χ2v) is 7.45. The zero-order valence-corrected chi connectivity index (χ0v) is 18.0. The molecule has 2 aromatic carbocycles. The van der Waals surface area contributed by atoms with Crippen LogP contribution in [-0.2, 0) is 22.5 Å². The van der Waals surface area contributed by atoms with E-state index in [1.54, 1.807) is 0 Å². The van der Waals surface area contributed by atoms with Gasteiger partial charge in [0.05, 0.1) is 22.7 Å². The molecular weight excluding hydrogens is 402 g/mol. The highest BCUT2D eigenvalue weighted by Gasteiger charge is 2.10. The Labute approximate surface area is 182 Å². The van der Waals surface area contributed by atoms with Crippen molar-refractivity contribution in [1.82, 2.24) is 14.9 Å². The monoisotopic (exact) mass is 429 g/mol. The van der Waals surface area contributed by atoms with Crippen LogP contribution in [0.15, 0.2) is 48.5 Å². The molecule has 0 atom stereocenters.